The number of phenolic OH excluding ortho intramolecular Hbond substituents is 1. The molecule has 1 amide bonds. The summed E-state index contributed by atoms with van der Waals surface area (Å²) >= 11 is 12.6. The number of nitrogens with zero attached hydrogens (tertiary/aromatic N) is 1. The third-order valence-electron chi connectivity index (χ3n) is 4.16. The fraction of sp³-hybridized carbons (Fsp3) is 0.350. The van der Waals surface area contributed by atoms with Crippen molar-refractivity contribution in [3.8, 4) is 11.5 Å². The molecule has 146 valence electrons. The second-order valence-electron chi connectivity index (χ2n) is 6.75. The van der Waals surface area contributed by atoms with Crippen molar-refractivity contribution in [2.24, 2.45) is 0 Å². The number of hydrogen-bond acceptors (Lipinski definition) is 3. The molecule has 27 heavy (non-hydrogen) atoms. The number of likely N-dealkylation sites (N-methyl/N-ethyl adjacent to an activating group) is 1. The highest BCUT2D eigenvalue weighted by molar-refractivity contribution is 6.36. The Bertz CT molecular complexity index is 830. The first-order chi connectivity index (χ1) is 12.6. The predicted molar refractivity (Wildman–Crippen MR) is 106 cm³/mol. The van der Waals surface area contributed by atoms with E-state index in [1.54, 1.807) is 26.2 Å². The molecule has 0 aliphatic carbocycles. The molecule has 0 aliphatic rings. The molecule has 2 aromatic rings. The molecular formula is C20H22Cl2FNO3. The average molecular weight is 414 g/mol. The van der Waals surface area contributed by atoms with Crippen LogP contribution in [-0.4, -0.2) is 36.6 Å². The van der Waals surface area contributed by atoms with E-state index in [1.165, 1.54) is 17.0 Å². The summed E-state index contributed by atoms with van der Waals surface area (Å²) < 4.78 is 20.2. The lowest BCUT2D eigenvalue weighted by Gasteiger charge is -2.16. The fourth-order valence-corrected chi connectivity index (χ4v) is 3.21. The summed E-state index contributed by atoms with van der Waals surface area (Å²) in [6.45, 7) is 3.48. The lowest BCUT2D eigenvalue weighted by atomic mass is 9.95. The second-order valence-corrected chi connectivity index (χ2v) is 7.56. The van der Waals surface area contributed by atoms with E-state index in [0.717, 1.165) is 0 Å². The minimum absolute atomic E-state index is 0.0715. The van der Waals surface area contributed by atoms with Gasteiger partial charge < -0.3 is 14.7 Å². The first-order valence-electron chi connectivity index (χ1n) is 8.42. The molecule has 0 heterocycles. The zero-order valence-electron chi connectivity index (χ0n) is 15.6. The minimum atomic E-state index is -0.464. The lowest BCUT2D eigenvalue weighted by Crippen LogP contribution is -2.27. The van der Waals surface area contributed by atoms with Crippen LogP contribution in [0.25, 0.3) is 0 Å². The molecule has 0 saturated carbocycles. The number of rotatable bonds is 6. The summed E-state index contributed by atoms with van der Waals surface area (Å²) in [7, 11) is 3.26. The molecule has 4 nitrogen and oxygen atoms in total. The summed E-state index contributed by atoms with van der Waals surface area (Å²) in [5.74, 6) is -0.538. The molecule has 2 aromatic carbocycles. The van der Waals surface area contributed by atoms with Gasteiger partial charge in [-0.3, -0.25) is 4.79 Å². The molecule has 0 spiro atoms. The number of halogens is 3. The zero-order chi connectivity index (χ0) is 20.3. The highest BCUT2D eigenvalue weighted by Gasteiger charge is 2.19. The summed E-state index contributed by atoms with van der Waals surface area (Å²) in [6.07, 6.45) is 0.167. The fourth-order valence-electron chi connectivity index (χ4n) is 2.61. The van der Waals surface area contributed by atoms with Gasteiger partial charge >= 0.3 is 0 Å². The van der Waals surface area contributed by atoms with Crippen molar-refractivity contribution in [2.45, 2.75) is 26.2 Å². The highest BCUT2D eigenvalue weighted by Crippen LogP contribution is 2.35. The van der Waals surface area contributed by atoms with Crippen LogP contribution >= 0.6 is 23.2 Å². The first kappa shape index (κ1) is 21.3. The van der Waals surface area contributed by atoms with E-state index in [9.17, 15) is 14.3 Å². The molecule has 1 N–H and O–H groups in total. The van der Waals surface area contributed by atoms with Crippen LogP contribution in [0.15, 0.2) is 24.3 Å². The molecule has 0 radical (unpaired) electrons. The van der Waals surface area contributed by atoms with Crippen LogP contribution in [0.3, 0.4) is 0 Å². The Kier molecular flexibility index (Phi) is 6.95. The Hall–Kier alpha value is -1.98. The number of aromatic hydroxyl groups is 1. The third kappa shape index (κ3) is 5.05. The van der Waals surface area contributed by atoms with Crippen molar-refractivity contribution >= 4 is 29.1 Å². The zero-order valence-corrected chi connectivity index (χ0v) is 17.2. The van der Waals surface area contributed by atoms with Crippen molar-refractivity contribution in [1.29, 1.82) is 0 Å². The number of carbonyl (C=O) groups is 1. The van der Waals surface area contributed by atoms with E-state index in [0.29, 0.717) is 26.9 Å². The molecule has 0 fully saturated rings. The molecule has 2 rings (SSSR count). The maximum atomic E-state index is 14.8. The summed E-state index contributed by atoms with van der Waals surface area (Å²) in [6, 6.07) is 6.09. The van der Waals surface area contributed by atoms with Gasteiger partial charge in [0.15, 0.2) is 6.61 Å². The quantitative estimate of drug-likeness (QED) is 0.722. The Morgan fingerprint density at radius 1 is 1.22 bits per heavy atom. The number of amides is 1. The van der Waals surface area contributed by atoms with Gasteiger partial charge in [0.2, 0.25) is 0 Å². The summed E-state index contributed by atoms with van der Waals surface area (Å²) in [5.41, 5.74) is 1.20. The van der Waals surface area contributed by atoms with Crippen molar-refractivity contribution in [1.82, 2.24) is 4.90 Å². The van der Waals surface area contributed by atoms with Crippen molar-refractivity contribution in [3.63, 3.8) is 0 Å². The number of carbonyl (C=O) groups excluding carboxylic acids is 1. The van der Waals surface area contributed by atoms with Crippen molar-refractivity contribution < 1.29 is 19.0 Å². The second kappa shape index (κ2) is 8.81. The number of benzene rings is 2. The van der Waals surface area contributed by atoms with Crippen LogP contribution in [0.5, 0.6) is 11.5 Å². The van der Waals surface area contributed by atoms with Crippen LogP contribution in [0.4, 0.5) is 4.39 Å². The van der Waals surface area contributed by atoms with Crippen LogP contribution in [0.1, 0.15) is 36.5 Å². The SMILES string of the molecule is CC(C)c1c(O)ccc(Cc2c(Cl)cc(OCC(=O)N(C)C)cc2Cl)c1F. The molecule has 0 bridgehead atoms. The predicted octanol–water partition coefficient (Wildman–Crippen LogP) is 5.02. The van der Waals surface area contributed by atoms with Gasteiger partial charge in [0.05, 0.1) is 0 Å². The third-order valence-corrected chi connectivity index (χ3v) is 4.83. The van der Waals surface area contributed by atoms with E-state index in [1.807, 2.05) is 13.8 Å². The lowest BCUT2D eigenvalue weighted by molar-refractivity contribution is -0.130. The van der Waals surface area contributed by atoms with E-state index >= 15 is 0 Å². The Labute approximate surface area is 168 Å². The molecule has 0 aliphatic heterocycles. The van der Waals surface area contributed by atoms with E-state index in [2.05, 4.69) is 0 Å². The van der Waals surface area contributed by atoms with Gasteiger partial charge in [-0.2, -0.15) is 0 Å². The van der Waals surface area contributed by atoms with E-state index < -0.39 is 5.82 Å². The smallest absolute Gasteiger partial charge is 0.259 e. The van der Waals surface area contributed by atoms with Gasteiger partial charge in [0, 0.05) is 36.1 Å². The van der Waals surface area contributed by atoms with Crippen LogP contribution in [0.2, 0.25) is 10.0 Å². The Balaban J connectivity index is 2.28. The molecule has 0 atom stereocenters. The number of ether oxygens (including phenoxy) is 1. The minimum Gasteiger partial charge on any atom is -0.508 e. The largest absolute Gasteiger partial charge is 0.508 e. The summed E-state index contributed by atoms with van der Waals surface area (Å²) in [5, 5.41) is 10.5. The molecule has 0 saturated heterocycles. The Morgan fingerprint density at radius 2 is 1.81 bits per heavy atom. The first-order valence-corrected chi connectivity index (χ1v) is 9.18. The van der Waals surface area contributed by atoms with Crippen molar-refractivity contribution in [3.05, 3.63) is 56.8 Å². The molecule has 7 heteroatoms. The number of phenols is 1. The van der Waals surface area contributed by atoms with Gasteiger partial charge in [0.25, 0.3) is 5.91 Å². The normalized spacial score (nSPS) is 11.0. The standard InChI is InChI=1S/C20H22Cl2FNO3/c1-11(2)19-17(25)6-5-12(20(19)23)7-14-15(21)8-13(9-16(14)22)27-10-18(26)24(3)4/h5-6,8-9,11,25H,7,10H2,1-4H3. The average Bonchev–Trinajstić information content (AvgIpc) is 2.57. The van der Waals surface area contributed by atoms with Crippen LogP contribution < -0.4 is 4.74 Å². The van der Waals surface area contributed by atoms with Crippen molar-refractivity contribution in [2.75, 3.05) is 20.7 Å². The van der Waals surface area contributed by atoms with Gasteiger partial charge in [-0.05, 0) is 35.2 Å². The molecule has 0 aromatic heterocycles. The van der Waals surface area contributed by atoms with E-state index in [4.69, 9.17) is 27.9 Å². The summed E-state index contributed by atoms with van der Waals surface area (Å²) in [4.78, 5) is 13.0. The molecular weight excluding hydrogens is 392 g/mol. The Morgan fingerprint density at radius 3 is 2.33 bits per heavy atom. The van der Waals surface area contributed by atoms with Crippen LogP contribution in [-0.2, 0) is 11.2 Å². The van der Waals surface area contributed by atoms with Gasteiger partial charge in [-0.25, -0.2) is 4.39 Å². The van der Waals surface area contributed by atoms with Gasteiger partial charge in [-0.1, -0.05) is 43.1 Å². The van der Waals surface area contributed by atoms with Gasteiger partial charge in [-0.15, -0.1) is 0 Å². The molecule has 0 unspecified atom stereocenters. The highest BCUT2D eigenvalue weighted by atomic mass is 35.5. The maximum Gasteiger partial charge on any atom is 0.259 e. The van der Waals surface area contributed by atoms with Crippen LogP contribution in [0, 0.1) is 5.82 Å². The maximum absolute atomic E-state index is 14.8. The monoisotopic (exact) mass is 413 g/mol. The van der Waals surface area contributed by atoms with E-state index in [-0.39, 0.29) is 36.2 Å². The number of hydrogen-bond donors (Lipinski definition) is 1. The van der Waals surface area contributed by atoms with Gasteiger partial charge in [0.1, 0.15) is 17.3 Å². The topological polar surface area (TPSA) is 49.8 Å².